The number of fused-ring (bicyclic) bond motifs is 1. The fourth-order valence-electron chi connectivity index (χ4n) is 4.02. The molecule has 0 aromatic carbocycles. The smallest absolute Gasteiger partial charge is 0.230 e. The molecule has 2 atom stereocenters. The van der Waals surface area contributed by atoms with Gasteiger partial charge < -0.3 is 14.4 Å². The molecule has 27 heavy (non-hydrogen) atoms. The molecule has 1 amide bonds. The second-order valence-corrected chi connectivity index (χ2v) is 9.51. The normalized spacial score (nSPS) is 24.9. The van der Waals surface area contributed by atoms with Crippen LogP contribution >= 0.6 is 0 Å². The highest BCUT2D eigenvalue weighted by Crippen LogP contribution is 2.29. The zero-order chi connectivity index (χ0) is 19.2. The molecular formula is C17H23N5O4S. The number of rotatable bonds is 4. The van der Waals surface area contributed by atoms with Crippen LogP contribution in [0.2, 0.25) is 0 Å². The molecule has 2 fully saturated rings. The molecule has 1 N–H and O–H groups in total. The van der Waals surface area contributed by atoms with Crippen molar-refractivity contribution in [3.05, 3.63) is 35.2 Å². The van der Waals surface area contributed by atoms with Crippen molar-refractivity contribution in [3.8, 4) is 0 Å². The number of aromatic nitrogens is 3. The van der Waals surface area contributed by atoms with Crippen molar-refractivity contribution in [1.29, 1.82) is 0 Å². The third kappa shape index (κ3) is 3.63. The standard InChI is InChI=1S/C17H23N5O4S/c1-11-5-13(26-20-11)6-17(23)22-4-3-21(7-14-12(2)18-10-19-14)15-8-27(24,25)9-16(15)22/h5,10,15-16H,3-4,6-9H2,1-2H3,(H,18,19)/t15-,16+/m1/s1. The van der Waals surface area contributed by atoms with Crippen LogP contribution in [0.4, 0.5) is 0 Å². The summed E-state index contributed by atoms with van der Waals surface area (Å²) in [6.45, 7) is 5.43. The van der Waals surface area contributed by atoms with Crippen LogP contribution in [0, 0.1) is 13.8 Å². The number of imidazole rings is 1. The number of hydrogen-bond acceptors (Lipinski definition) is 7. The van der Waals surface area contributed by atoms with Crippen molar-refractivity contribution >= 4 is 15.7 Å². The summed E-state index contributed by atoms with van der Waals surface area (Å²) in [7, 11) is -3.19. The summed E-state index contributed by atoms with van der Waals surface area (Å²) in [6, 6.07) is 1.19. The first-order valence-electron chi connectivity index (χ1n) is 8.97. The maximum Gasteiger partial charge on any atom is 0.230 e. The molecule has 10 heteroatoms. The Hall–Kier alpha value is -2.20. The Labute approximate surface area is 157 Å². The minimum Gasteiger partial charge on any atom is -0.361 e. The van der Waals surface area contributed by atoms with Gasteiger partial charge in [0.15, 0.2) is 9.84 Å². The van der Waals surface area contributed by atoms with Crippen LogP contribution in [0.3, 0.4) is 0 Å². The molecule has 2 aliphatic rings. The number of nitrogens with one attached hydrogen (secondary N) is 1. The topological polar surface area (TPSA) is 112 Å². The Morgan fingerprint density at radius 3 is 2.74 bits per heavy atom. The number of aromatic amines is 1. The number of nitrogens with zero attached hydrogens (tertiary/aromatic N) is 4. The summed E-state index contributed by atoms with van der Waals surface area (Å²) in [5.74, 6) is 0.472. The largest absolute Gasteiger partial charge is 0.361 e. The fourth-order valence-corrected chi connectivity index (χ4v) is 6.03. The fraction of sp³-hybridized carbons (Fsp3) is 0.588. The highest BCUT2D eigenvalue weighted by atomic mass is 32.2. The molecule has 0 saturated carbocycles. The molecule has 0 radical (unpaired) electrons. The van der Waals surface area contributed by atoms with Crippen LogP contribution < -0.4 is 0 Å². The Kier molecular flexibility index (Phi) is 4.55. The zero-order valence-corrected chi connectivity index (χ0v) is 16.2. The minimum absolute atomic E-state index is 0.00882. The Balaban J connectivity index is 1.53. The number of carbonyl (C=O) groups is 1. The number of H-pyrrole nitrogens is 1. The number of piperazine rings is 1. The summed E-state index contributed by atoms with van der Waals surface area (Å²) in [5, 5.41) is 3.81. The molecule has 2 saturated heterocycles. The summed E-state index contributed by atoms with van der Waals surface area (Å²) in [5.41, 5.74) is 2.61. The average molecular weight is 393 g/mol. The lowest BCUT2D eigenvalue weighted by Gasteiger charge is -2.43. The van der Waals surface area contributed by atoms with Gasteiger partial charge in [0.2, 0.25) is 5.91 Å². The number of hydrogen-bond donors (Lipinski definition) is 1. The van der Waals surface area contributed by atoms with E-state index in [1.807, 2.05) is 6.92 Å². The van der Waals surface area contributed by atoms with Gasteiger partial charge in [-0.05, 0) is 13.8 Å². The summed E-state index contributed by atoms with van der Waals surface area (Å²) in [6.07, 6.45) is 1.75. The highest BCUT2D eigenvalue weighted by Gasteiger charge is 2.48. The molecule has 146 valence electrons. The predicted molar refractivity (Wildman–Crippen MR) is 96.6 cm³/mol. The van der Waals surface area contributed by atoms with Gasteiger partial charge in [0, 0.05) is 37.4 Å². The van der Waals surface area contributed by atoms with E-state index in [2.05, 4.69) is 20.0 Å². The van der Waals surface area contributed by atoms with Gasteiger partial charge in [-0.3, -0.25) is 9.69 Å². The van der Waals surface area contributed by atoms with Crippen molar-refractivity contribution in [2.45, 2.75) is 38.9 Å². The third-order valence-electron chi connectivity index (χ3n) is 5.40. The first-order valence-corrected chi connectivity index (χ1v) is 10.8. The lowest BCUT2D eigenvalue weighted by atomic mass is 10.0. The Morgan fingerprint density at radius 2 is 2.07 bits per heavy atom. The van der Waals surface area contributed by atoms with E-state index < -0.39 is 9.84 Å². The van der Waals surface area contributed by atoms with E-state index in [1.54, 1.807) is 24.2 Å². The van der Waals surface area contributed by atoms with Gasteiger partial charge in [-0.2, -0.15) is 0 Å². The van der Waals surface area contributed by atoms with Crippen molar-refractivity contribution in [2.24, 2.45) is 0 Å². The molecule has 4 rings (SSSR count). The van der Waals surface area contributed by atoms with Crippen LogP contribution in [-0.2, 0) is 27.6 Å². The number of sulfone groups is 1. The molecule has 2 aromatic heterocycles. The lowest BCUT2D eigenvalue weighted by molar-refractivity contribution is -0.136. The summed E-state index contributed by atoms with van der Waals surface area (Å²) >= 11 is 0. The molecule has 0 unspecified atom stereocenters. The number of amides is 1. The highest BCUT2D eigenvalue weighted by molar-refractivity contribution is 7.91. The van der Waals surface area contributed by atoms with Crippen LogP contribution in [0.15, 0.2) is 16.9 Å². The van der Waals surface area contributed by atoms with E-state index >= 15 is 0 Å². The Morgan fingerprint density at radius 1 is 1.30 bits per heavy atom. The van der Waals surface area contributed by atoms with Gasteiger partial charge in [0.25, 0.3) is 0 Å². The molecule has 0 spiro atoms. The minimum atomic E-state index is -3.19. The van der Waals surface area contributed by atoms with E-state index in [1.165, 1.54) is 0 Å². The molecular weight excluding hydrogens is 370 g/mol. The molecule has 2 aromatic rings. The van der Waals surface area contributed by atoms with Gasteiger partial charge in [0.05, 0.1) is 41.7 Å². The van der Waals surface area contributed by atoms with Gasteiger partial charge in [-0.25, -0.2) is 13.4 Å². The monoisotopic (exact) mass is 393 g/mol. The van der Waals surface area contributed by atoms with Crippen LogP contribution in [-0.4, -0.2) is 75.9 Å². The van der Waals surface area contributed by atoms with Crippen LogP contribution in [0.25, 0.3) is 0 Å². The zero-order valence-electron chi connectivity index (χ0n) is 15.4. The summed E-state index contributed by atoms with van der Waals surface area (Å²) < 4.78 is 29.8. The van der Waals surface area contributed by atoms with E-state index in [4.69, 9.17) is 4.52 Å². The molecule has 4 heterocycles. The van der Waals surface area contributed by atoms with Crippen molar-refractivity contribution in [2.75, 3.05) is 24.6 Å². The lowest BCUT2D eigenvalue weighted by Crippen LogP contribution is -2.60. The molecule has 2 aliphatic heterocycles. The second kappa shape index (κ2) is 6.75. The van der Waals surface area contributed by atoms with E-state index in [-0.39, 0.29) is 35.9 Å². The average Bonchev–Trinajstić information content (AvgIpc) is 3.27. The van der Waals surface area contributed by atoms with Gasteiger partial charge >= 0.3 is 0 Å². The van der Waals surface area contributed by atoms with Crippen molar-refractivity contribution < 1.29 is 17.7 Å². The Bertz CT molecular complexity index is 950. The second-order valence-electron chi connectivity index (χ2n) is 7.35. The first kappa shape index (κ1) is 18.2. The maximum atomic E-state index is 12.8. The SMILES string of the molecule is Cc1cc(CC(=O)N2CCN(Cc3nc[nH]c3C)[C@@H]3CS(=O)(=O)C[C@@H]32)on1. The molecule has 0 bridgehead atoms. The third-order valence-corrected chi connectivity index (χ3v) is 7.10. The van der Waals surface area contributed by atoms with Gasteiger partial charge in [-0.1, -0.05) is 5.16 Å². The molecule has 0 aliphatic carbocycles. The van der Waals surface area contributed by atoms with E-state index in [0.29, 0.717) is 25.4 Å². The van der Waals surface area contributed by atoms with E-state index in [9.17, 15) is 13.2 Å². The van der Waals surface area contributed by atoms with Gasteiger partial charge in [0.1, 0.15) is 5.76 Å². The predicted octanol–water partition coefficient (Wildman–Crippen LogP) is 0.0670. The number of aryl methyl sites for hydroxylation is 2. The first-order chi connectivity index (χ1) is 12.8. The quantitative estimate of drug-likeness (QED) is 0.782. The summed E-state index contributed by atoms with van der Waals surface area (Å²) in [4.78, 5) is 24.0. The number of carbonyl (C=O) groups excluding carboxylic acids is 1. The van der Waals surface area contributed by atoms with Gasteiger partial charge in [-0.15, -0.1) is 0 Å². The van der Waals surface area contributed by atoms with Crippen molar-refractivity contribution in [3.63, 3.8) is 0 Å². The van der Waals surface area contributed by atoms with Crippen molar-refractivity contribution in [1.82, 2.24) is 24.9 Å². The van der Waals surface area contributed by atoms with Crippen LogP contribution in [0.5, 0.6) is 0 Å². The molecule has 9 nitrogen and oxygen atoms in total. The van der Waals surface area contributed by atoms with Crippen LogP contribution in [0.1, 0.15) is 22.8 Å². The maximum absolute atomic E-state index is 12.8. The van der Waals surface area contributed by atoms with E-state index in [0.717, 1.165) is 17.1 Å².